The van der Waals surface area contributed by atoms with Crippen LogP contribution < -0.4 is 10.6 Å². The minimum atomic E-state index is -0.554. The van der Waals surface area contributed by atoms with Gasteiger partial charge in [-0.2, -0.15) is 0 Å². The van der Waals surface area contributed by atoms with Crippen LogP contribution in [-0.4, -0.2) is 29.8 Å². The molecule has 150 valence electrons. The van der Waals surface area contributed by atoms with Gasteiger partial charge in [0.2, 0.25) is 5.91 Å². The van der Waals surface area contributed by atoms with E-state index < -0.39 is 11.8 Å². The van der Waals surface area contributed by atoms with E-state index in [4.69, 9.17) is 16.3 Å². The third-order valence-corrected chi connectivity index (χ3v) is 5.05. The number of methoxy groups -OCH3 is 1. The average molecular weight is 434 g/mol. The highest BCUT2D eigenvalue weighted by Crippen LogP contribution is 2.31. The molecular weight excluding hydrogens is 417 g/mol. The molecule has 1 heterocycles. The third kappa shape index (κ3) is 5.82. The number of hydrogen-bond acceptors (Lipinski definition) is 6. The van der Waals surface area contributed by atoms with Crippen molar-refractivity contribution in [2.45, 2.75) is 6.42 Å². The number of fused-ring (bicyclic) bond motifs is 1. The highest BCUT2D eigenvalue weighted by atomic mass is 35.5. The van der Waals surface area contributed by atoms with Gasteiger partial charge in [-0.3, -0.25) is 9.59 Å². The van der Waals surface area contributed by atoms with Crippen LogP contribution in [0.2, 0.25) is 5.02 Å². The van der Waals surface area contributed by atoms with Crippen molar-refractivity contribution < 1.29 is 18.7 Å². The first-order valence-electron chi connectivity index (χ1n) is 8.54. The number of ether oxygens (including phenoxy) is 1. The summed E-state index contributed by atoms with van der Waals surface area (Å²) in [7, 11) is 1.32. The van der Waals surface area contributed by atoms with E-state index in [0.717, 1.165) is 5.69 Å². The molecule has 0 aliphatic carbocycles. The molecule has 1 aliphatic rings. The van der Waals surface area contributed by atoms with Gasteiger partial charge in [0.05, 0.1) is 40.7 Å². The summed E-state index contributed by atoms with van der Waals surface area (Å²) < 4.78 is 18.0. The summed E-state index contributed by atoms with van der Waals surface area (Å²) in [6.07, 6.45) is 1.76. The van der Waals surface area contributed by atoms with Gasteiger partial charge in [-0.05, 0) is 36.4 Å². The number of anilines is 2. The predicted octanol–water partition coefficient (Wildman–Crippen LogP) is 4.75. The Morgan fingerprint density at radius 1 is 1.28 bits per heavy atom. The Balaban J connectivity index is 1.72. The van der Waals surface area contributed by atoms with E-state index in [2.05, 4.69) is 15.6 Å². The number of amides is 1. The van der Waals surface area contributed by atoms with Gasteiger partial charge in [-0.1, -0.05) is 35.5 Å². The first-order valence-corrected chi connectivity index (χ1v) is 9.91. The van der Waals surface area contributed by atoms with Crippen LogP contribution in [0.15, 0.2) is 59.2 Å². The van der Waals surface area contributed by atoms with Crippen molar-refractivity contribution in [3.63, 3.8) is 0 Å². The van der Waals surface area contributed by atoms with E-state index in [9.17, 15) is 14.0 Å². The van der Waals surface area contributed by atoms with E-state index in [-0.39, 0.29) is 23.1 Å². The number of nitrogens with one attached hydrogen (secondary N) is 2. The van der Waals surface area contributed by atoms with Crippen LogP contribution in [0.25, 0.3) is 0 Å². The first kappa shape index (κ1) is 20.9. The second-order valence-corrected chi connectivity index (χ2v) is 7.38. The summed E-state index contributed by atoms with van der Waals surface area (Å²) >= 11 is 6.94. The van der Waals surface area contributed by atoms with E-state index >= 15 is 0 Å². The van der Waals surface area contributed by atoms with Crippen molar-refractivity contribution in [3.05, 3.63) is 65.1 Å². The number of carbonyl (C=O) groups is 2. The Kier molecular flexibility index (Phi) is 6.90. The van der Waals surface area contributed by atoms with Gasteiger partial charge in [0.1, 0.15) is 5.82 Å². The number of aliphatic imine (C=N–C) groups is 1. The molecule has 2 N–H and O–H groups in total. The zero-order valence-electron chi connectivity index (χ0n) is 15.4. The maximum Gasteiger partial charge on any atom is 0.311 e. The molecular formula is C20H17ClFN3O3S. The van der Waals surface area contributed by atoms with Crippen LogP contribution in [0.5, 0.6) is 0 Å². The molecule has 0 saturated carbocycles. The lowest BCUT2D eigenvalue weighted by Crippen LogP contribution is -2.15. The number of hydrogen-bond donors (Lipinski definition) is 2. The zero-order valence-corrected chi connectivity index (χ0v) is 16.9. The van der Waals surface area contributed by atoms with Crippen molar-refractivity contribution >= 4 is 57.3 Å². The third-order valence-electron chi connectivity index (χ3n) is 3.84. The van der Waals surface area contributed by atoms with Gasteiger partial charge >= 0.3 is 5.97 Å². The Hall–Kier alpha value is -2.84. The molecule has 3 rings (SSSR count). The number of thioether (sulfide) groups is 1. The van der Waals surface area contributed by atoms with Crippen LogP contribution >= 0.6 is 23.4 Å². The Labute approximate surface area is 176 Å². The van der Waals surface area contributed by atoms with E-state index in [1.807, 2.05) is 24.3 Å². The monoisotopic (exact) mass is 433 g/mol. The maximum absolute atomic E-state index is 13.2. The number of benzene rings is 2. The molecule has 0 atom stereocenters. The number of esters is 1. The smallest absolute Gasteiger partial charge is 0.311 e. The molecule has 6 nitrogen and oxygen atoms in total. The molecule has 0 spiro atoms. The lowest BCUT2D eigenvalue weighted by molar-refractivity contribution is -0.139. The standard InChI is InChI=1S/C20H17ClFN3O3S/c1-28-20(27)10-13-9-19(25-17-5-3-2-4-16(17)23-13)29-11-18(26)24-12-6-7-15(22)14(21)8-12/h2-9,23H,10-11H2,1H3,(H,24,26). The van der Waals surface area contributed by atoms with Gasteiger partial charge in [0, 0.05) is 11.4 Å². The molecule has 1 aliphatic heterocycles. The van der Waals surface area contributed by atoms with Crippen molar-refractivity contribution in [1.82, 2.24) is 0 Å². The molecule has 0 saturated heterocycles. The van der Waals surface area contributed by atoms with Crippen LogP contribution in [0.1, 0.15) is 6.42 Å². The van der Waals surface area contributed by atoms with E-state index in [0.29, 0.717) is 22.1 Å². The fourth-order valence-corrected chi connectivity index (χ4v) is 3.41. The molecule has 0 unspecified atom stereocenters. The normalized spacial score (nSPS) is 12.7. The topological polar surface area (TPSA) is 79.8 Å². The van der Waals surface area contributed by atoms with E-state index in [1.54, 1.807) is 6.08 Å². The Morgan fingerprint density at radius 3 is 2.83 bits per heavy atom. The van der Waals surface area contributed by atoms with Crippen molar-refractivity contribution in [1.29, 1.82) is 0 Å². The fourth-order valence-electron chi connectivity index (χ4n) is 2.49. The van der Waals surface area contributed by atoms with Gasteiger partial charge in [-0.25, -0.2) is 9.38 Å². The summed E-state index contributed by atoms with van der Waals surface area (Å²) in [5.74, 6) is -1.17. The minimum absolute atomic E-state index is 0.0463. The van der Waals surface area contributed by atoms with Crippen LogP contribution in [-0.2, 0) is 14.3 Å². The SMILES string of the molecule is COC(=O)CC1=CC(SCC(=O)Nc2ccc(F)c(Cl)c2)=Nc2ccccc2N1. The molecule has 29 heavy (non-hydrogen) atoms. The quantitative estimate of drug-likeness (QED) is 0.665. The zero-order chi connectivity index (χ0) is 20.8. The highest BCUT2D eigenvalue weighted by Gasteiger charge is 2.15. The van der Waals surface area contributed by atoms with Crippen LogP contribution in [0, 0.1) is 5.82 Å². The number of para-hydroxylation sites is 2. The second kappa shape index (κ2) is 9.58. The van der Waals surface area contributed by atoms with Crippen LogP contribution in [0.3, 0.4) is 0 Å². The van der Waals surface area contributed by atoms with Crippen molar-refractivity contribution in [2.24, 2.45) is 4.99 Å². The summed E-state index contributed by atoms with van der Waals surface area (Å²) in [5, 5.41) is 6.33. The summed E-state index contributed by atoms with van der Waals surface area (Å²) in [6.45, 7) is 0. The van der Waals surface area contributed by atoms with Gasteiger partial charge in [0.15, 0.2) is 0 Å². The second-order valence-electron chi connectivity index (χ2n) is 5.98. The first-order chi connectivity index (χ1) is 13.9. The molecule has 0 radical (unpaired) electrons. The lowest BCUT2D eigenvalue weighted by Gasteiger charge is -2.09. The number of halogens is 2. The molecule has 0 aromatic heterocycles. The number of nitrogens with zero attached hydrogens (tertiary/aromatic N) is 1. The summed E-state index contributed by atoms with van der Waals surface area (Å²) in [4.78, 5) is 28.5. The van der Waals surface area contributed by atoms with Gasteiger partial charge in [0.25, 0.3) is 0 Å². The number of rotatable bonds is 5. The Bertz CT molecular complexity index is 1010. The molecule has 2 aromatic rings. The number of carbonyl (C=O) groups excluding carboxylic acids is 2. The molecule has 0 fully saturated rings. The molecule has 2 aromatic carbocycles. The van der Waals surface area contributed by atoms with E-state index in [1.165, 1.54) is 37.1 Å². The summed E-state index contributed by atoms with van der Waals surface area (Å²) in [6, 6.07) is 11.4. The average Bonchev–Trinajstić information content (AvgIpc) is 2.87. The largest absolute Gasteiger partial charge is 0.469 e. The van der Waals surface area contributed by atoms with Crippen molar-refractivity contribution in [3.8, 4) is 0 Å². The molecule has 0 bridgehead atoms. The van der Waals surface area contributed by atoms with Crippen molar-refractivity contribution in [2.75, 3.05) is 23.5 Å². The molecule has 9 heteroatoms. The maximum atomic E-state index is 13.2. The molecule has 1 amide bonds. The minimum Gasteiger partial charge on any atom is -0.469 e. The summed E-state index contributed by atoms with van der Waals surface area (Å²) in [5.41, 5.74) is 2.46. The fraction of sp³-hybridized carbons (Fsp3) is 0.150. The lowest BCUT2D eigenvalue weighted by atomic mass is 10.2. The Morgan fingerprint density at radius 2 is 2.07 bits per heavy atom. The highest BCUT2D eigenvalue weighted by molar-refractivity contribution is 8.14. The van der Waals surface area contributed by atoms with Gasteiger partial charge in [-0.15, -0.1) is 0 Å². The predicted molar refractivity (Wildman–Crippen MR) is 114 cm³/mol. The van der Waals surface area contributed by atoms with Crippen LogP contribution in [0.4, 0.5) is 21.5 Å². The van der Waals surface area contributed by atoms with Gasteiger partial charge < -0.3 is 15.4 Å².